The van der Waals surface area contributed by atoms with E-state index in [4.69, 9.17) is 27.9 Å². The molecule has 10 heteroatoms. The molecule has 1 atom stereocenters. The molecule has 2 aromatic rings. The quantitative estimate of drug-likeness (QED) is 0.661. The minimum absolute atomic E-state index is 0.0293. The predicted molar refractivity (Wildman–Crippen MR) is 108 cm³/mol. The number of rotatable bonds is 5. The highest BCUT2D eigenvalue weighted by atomic mass is 35.5. The van der Waals surface area contributed by atoms with Gasteiger partial charge in [-0.05, 0) is 37.5 Å². The van der Waals surface area contributed by atoms with E-state index in [9.17, 15) is 8.42 Å². The molecule has 150 valence electrons. The standard InChI is InChI=1S/C18H20Cl2N4O3S/c19-15-10-14(11-22-17(15)20)28(25,26)24-9-5-13(12-24)27-16-4-3-6-21-18(16)23-7-1-2-8-23/h3-4,6,10-11,13H,1-2,5,7-9,12H2/t13-/m1/s1. The van der Waals surface area contributed by atoms with Crippen LogP contribution in [0, 0.1) is 0 Å². The van der Waals surface area contributed by atoms with Crippen molar-refractivity contribution in [3.8, 4) is 5.75 Å². The highest BCUT2D eigenvalue weighted by Crippen LogP contribution is 2.32. The lowest BCUT2D eigenvalue weighted by molar-refractivity contribution is 0.215. The van der Waals surface area contributed by atoms with Gasteiger partial charge in [-0.1, -0.05) is 23.2 Å². The molecule has 2 aliphatic rings. The fraction of sp³-hybridized carbons (Fsp3) is 0.444. The fourth-order valence-electron chi connectivity index (χ4n) is 3.53. The van der Waals surface area contributed by atoms with Crippen LogP contribution in [0.3, 0.4) is 0 Å². The number of nitrogens with zero attached hydrogens (tertiary/aromatic N) is 4. The second-order valence-corrected chi connectivity index (χ2v) is 9.56. The van der Waals surface area contributed by atoms with Crippen molar-refractivity contribution >= 4 is 39.0 Å². The number of sulfonamides is 1. The molecule has 0 radical (unpaired) electrons. The molecule has 2 aliphatic heterocycles. The van der Waals surface area contributed by atoms with E-state index < -0.39 is 10.0 Å². The maximum absolute atomic E-state index is 12.9. The second kappa shape index (κ2) is 8.02. The highest BCUT2D eigenvalue weighted by molar-refractivity contribution is 7.89. The van der Waals surface area contributed by atoms with Gasteiger partial charge >= 0.3 is 0 Å². The van der Waals surface area contributed by atoms with E-state index in [0.717, 1.165) is 31.7 Å². The van der Waals surface area contributed by atoms with Gasteiger partial charge in [0, 0.05) is 32.0 Å². The van der Waals surface area contributed by atoms with E-state index in [0.29, 0.717) is 18.7 Å². The van der Waals surface area contributed by atoms with Crippen LogP contribution >= 0.6 is 23.2 Å². The minimum atomic E-state index is -3.71. The number of anilines is 1. The molecule has 0 spiro atoms. The summed E-state index contributed by atoms with van der Waals surface area (Å²) in [7, 11) is -3.71. The normalized spacial score (nSPS) is 20.6. The van der Waals surface area contributed by atoms with Crippen LogP contribution in [0.2, 0.25) is 10.2 Å². The molecule has 0 aromatic carbocycles. The van der Waals surface area contributed by atoms with Gasteiger partial charge in [0.25, 0.3) is 0 Å². The van der Waals surface area contributed by atoms with Crippen molar-refractivity contribution in [1.29, 1.82) is 0 Å². The molecule has 4 heterocycles. The van der Waals surface area contributed by atoms with Crippen LogP contribution < -0.4 is 9.64 Å². The average molecular weight is 443 g/mol. The van der Waals surface area contributed by atoms with Gasteiger partial charge in [-0.15, -0.1) is 0 Å². The summed E-state index contributed by atoms with van der Waals surface area (Å²) in [4.78, 5) is 10.5. The first kappa shape index (κ1) is 19.7. The second-order valence-electron chi connectivity index (χ2n) is 6.85. The summed E-state index contributed by atoms with van der Waals surface area (Å²) in [5, 5.41) is 0.189. The maximum Gasteiger partial charge on any atom is 0.244 e. The van der Waals surface area contributed by atoms with Crippen LogP contribution in [-0.4, -0.2) is 55.0 Å². The smallest absolute Gasteiger partial charge is 0.244 e. The zero-order valence-corrected chi connectivity index (χ0v) is 17.4. The third kappa shape index (κ3) is 3.91. The van der Waals surface area contributed by atoms with E-state index in [1.807, 2.05) is 12.1 Å². The Balaban J connectivity index is 1.48. The van der Waals surface area contributed by atoms with E-state index in [1.165, 1.54) is 16.6 Å². The zero-order chi connectivity index (χ0) is 19.7. The lowest BCUT2D eigenvalue weighted by Gasteiger charge is -2.22. The van der Waals surface area contributed by atoms with Gasteiger partial charge < -0.3 is 9.64 Å². The summed E-state index contributed by atoms with van der Waals surface area (Å²) in [5.74, 6) is 1.53. The molecule has 0 N–H and O–H groups in total. The van der Waals surface area contributed by atoms with Crippen LogP contribution in [0.15, 0.2) is 35.5 Å². The van der Waals surface area contributed by atoms with Crippen molar-refractivity contribution in [2.45, 2.75) is 30.3 Å². The Morgan fingerprint density at radius 1 is 1.14 bits per heavy atom. The number of halogens is 2. The lowest BCUT2D eigenvalue weighted by Crippen LogP contribution is -2.31. The lowest BCUT2D eigenvalue weighted by atomic mass is 10.3. The van der Waals surface area contributed by atoms with E-state index in [-0.39, 0.29) is 27.7 Å². The first-order valence-electron chi connectivity index (χ1n) is 9.13. The number of pyridine rings is 2. The molecular formula is C18H20Cl2N4O3S. The number of hydrogen-bond donors (Lipinski definition) is 0. The van der Waals surface area contributed by atoms with E-state index in [2.05, 4.69) is 14.9 Å². The van der Waals surface area contributed by atoms with Gasteiger partial charge in [0.05, 0.1) is 11.6 Å². The van der Waals surface area contributed by atoms with Crippen LogP contribution in [0.4, 0.5) is 5.82 Å². The van der Waals surface area contributed by atoms with Crippen LogP contribution in [0.25, 0.3) is 0 Å². The van der Waals surface area contributed by atoms with Crippen molar-refractivity contribution in [1.82, 2.24) is 14.3 Å². The minimum Gasteiger partial charge on any atom is -0.485 e. The molecule has 0 unspecified atom stereocenters. The van der Waals surface area contributed by atoms with E-state index in [1.54, 1.807) is 6.20 Å². The fourth-order valence-corrected chi connectivity index (χ4v) is 5.32. The predicted octanol–water partition coefficient (Wildman–Crippen LogP) is 3.23. The Bertz CT molecular complexity index is 967. The molecule has 0 bridgehead atoms. The Morgan fingerprint density at radius 3 is 2.68 bits per heavy atom. The third-order valence-corrected chi connectivity index (χ3v) is 7.48. The largest absolute Gasteiger partial charge is 0.485 e. The van der Waals surface area contributed by atoms with Crippen LogP contribution in [0.1, 0.15) is 19.3 Å². The summed E-state index contributed by atoms with van der Waals surface area (Å²) in [6.45, 7) is 2.55. The molecule has 0 aliphatic carbocycles. The Morgan fingerprint density at radius 2 is 1.93 bits per heavy atom. The summed E-state index contributed by atoms with van der Waals surface area (Å²) >= 11 is 11.7. The van der Waals surface area contributed by atoms with Crippen molar-refractivity contribution in [3.05, 3.63) is 40.8 Å². The van der Waals surface area contributed by atoms with Crippen molar-refractivity contribution in [3.63, 3.8) is 0 Å². The highest BCUT2D eigenvalue weighted by Gasteiger charge is 2.35. The number of aromatic nitrogens is 2. The Kier molecular flexibility index (Phi) is 5.64. The summed E-state index contributed by atoms with van der Waals surface area (Å²) in [5.41, 5.74) is 0. The molecule has 2 fully saturated rings. The molecule has 7 nitrogen and oxygen atoms in total. The average Bonchev–Trinajstić information content (AvgIpc) is 3.37. The topological polar surface area (TPSA) is 75.6 Å². The number of ether oxygens (including phenoxy) is 1. The van der Waals surface area contributed by atoms with Crippen LogP contribution in [-0.2, 0) is 10.0 Å². The summed E-state index contributed by atoms with van der Waals surface area (Å²) < 4.78 is 33.3. The van der Waals surface area contributed by atoms with Gasteiger partial charge in [-0.25, -0.2) is 18.4 Å². The first-order chi connectivity index (χ1) is 13.4. The third-order valence-electron chi connectivity index (χ3n) is 4.97. The maximum atomic E-state index is 12.9. The zero-order valence-electron chi connectivity index (χ0n) is 15.1. The van der Waals surface area contributed by atoms with Gasteiger partial charge in [-0.3, -0.25) is 0 Å². The van der Waals surface area contributed by atoms with Crippen LogP contribution in [0.5, 0.6) is 5.75 Å². The van der Waals surface area contributed by atoms with Gasteiger partial charge in [0.15, 0.2) is 11.6 Å². The van der Waals surface area contributed by atoms with Gasteiger partial charge in [0.2, 0.25) is 10.0 Å². The molecule has 2 aromatic heterocycles. The molecule has 0 saturated carbocycles. The molecular weight excluding hydrogens is 423 g/mol. The van der Waals surface area contributed by atoms with Crippen molar-refractivity contribution in [2.75, 3.05) is 31.1 Å². The monoisotopic (exact) mass is 442 g/mol. The summed E-state index contributed by atoms with van der Waals surface area (Å²) in [6, 6.07) is 5.05. The molecule has 28 heavy (non-hydrogen) atoms. The van der Waals surface area contributed by atoms with Gasteiger partial charge in [0.1, 0.15) is 16.2 Å². The van der Waals surface area contributed by atoms with Crippen molar-refractivity contribution in [2.24, 2.45) is 0 Å². The Labute approximate surface area is 174 Å². The Hall–Kier alpha value is -1.61. The first-order valence-corrected chi connectivity index (χ1v) is 11.3. The summed E-state index contributed by atoms with van der Waals surface area (Å²) in [6.07, 6.45) is 5.62. The number of hydrogen-bond acceptors (Lipinski definition) is 6. The molecule has 0 amide bonds. The molecule has 4 rings (SSSR count). The van der Waals surface area contributed by atoms with E-state index >= 15 is 0 Å². The molecule has 2 saturated heterocycles. The van der Waals surface area contributed by atoms with Crippen molar-refractivity contribution < 1.29 is 13.2 Å². The van der Waals surface area contributed by atoms with Gasteiger partial charge in [-0.2, -0.15) is 4.31 Å². The SMILES string of the molecule is O=S(=O)(c1cnc(Cl)c(Cl)c1)N1CC[C@@H](Oc2cccnc2N2CCCC2)C1.